The van der Waals surface area contributed by atoms with Crippen LogP contribution in [0.1, 0.15) is 27.2 Å². The Bertz CT molecular complexity index is 166. The van der Waals surface area contributed by atoms with Crippen molar-refractivity contribution >= 4 is 5.91 Å². The van der Waals surface area contributed by atoms with E-state index >= 15 is 0 Å². The van der Waals surface area contributed by atoms with Crippen LogP contribution in [0.4, 0.5) is 0 Å². The molecular formula is C9H19NO3. The summed E-state index contributed by atoms with van der Waals surface area (Å²) in [6.45, 7) is 4.93. The molecule has 0 aliphatic carbocycles. The number of nitrogens with one attached hydrogen (secondary N) is 1. The van der Waals surface area contributed by atoms with Gasteiger partial charge in [-0.1, -0.05) is 6.92 Å². The zero-order chi connectivity index (χ0) is 10.5. The van der Waals surface area contributed by atoms with Crippen LogP contribution >= 0.6 is 0 Å². The summed E-state index contributed by atoms with van der Waals surface area (Å²) in [5.41, 5.74) is -0.512. The van der Waals surface area contributed by atoms with Crippen molar-refractivity contribution in [2.45, 2.75) is 33.2 Å². The Balaban J connectivity index is 4.01. The number of hydrogen-bond acceptors (Lipinski definition) is 3. The van der Waals surface area contributed by atoms with E-state index in [4.69, 9.17) is 10.2 Å². The van der Waals surface area contributed by atoms with Gasteiger partial charge in [-0.3, -0.25) is 4.79 Å². The van der Waals surface area contributed by atoms with Crippen molar-refractivity contribution in [3.05, 3.63) is 0 Å². The number of carbonyl (C=O) groups is 1. The standard InChI is InChI=1S/C9H19NO3/c1-7(10-8(2)13)4-9(3,5-11)6-12/h7,11-12H,4-6H2,1-3H3,(H,10,13). The van der Waals surface area contributed by atoms with E-state index in [-0.39, 0.29) is 25.2 Å². The fraction of sp³-hybridized carbons (Fsp3) is 0.889. The molecule has 1 unspecified atom stereocenters. The number of aliphatic hydroxyl groups excluding tert-OH is 2. The van der Waals surface area contributed by atoms with Gasteiger partial charge in [-0.25, -0.2) is 0 Å². The molecule has 0 rings (SSSR count). The second-order valence-corrected chi connectivity index (χ2v) is 3.93. The molecular weight excluding hydrogens is 170 g/mol. The molecule has 0 aliphatic rings. The molecule has 0 aromatic heterocycles. The van der Waals surface area contributed by atoms with Crippen molar-refractivity contribution in [1.82, 2.24) is 5.32 Å². The number of amides is 1. The van der Waals surface area contributed by atoms with Gasteiger partial charge in [0.05, 0.1) is 13.2 Å². The van der Waals surface area contributed by atoms with Gasteiger partial charge in [0.15, 0.2) is 0 Å². The molecule has 0 saturated heterocycles. The average molecular weight is 189 g/mol. The van der Waals surface area contributed by atoms with E-state index < -0.39 is 5.41 Å². The molecule has 0 fully saturated rings. The Morgan fingerprint density at radius 2 is 1.92 bits per heavy atom. The highest BCUT2D eigenvalue weighted by Gasteiger charge is 2.25. The van der Waals surface area contributed by atoms with Gasteiger partial charge in [0, 0.05) is 18.4 Å². The van der Waals surface area contributed by atoms with Crippen molar-refractivity contribution in [3.63, 3.8) is 0 Å². The Labute approximate surface area is 79.0 Å². The van der Waals surface area contributed by atoms with E-state index in [0.29, 0.717) is 6.42 Å². The summed E-state index contributed by atoms with van der Waals surface area (Å²) in [7, 11) is 0. The lowest BCUT2D eigenvalue weighted by molar-refractivity contribution is -0.119. The second kappa shape index (κ2) is 5.19. The SMILES string of the molecule is CC(=O)NC(C)CC(C)(CO)CO. The number of hydrogen-bond donors (Lipinski definition) is 3. The molecule has 0 radical (unpaired) electrons. The molecule has 0 saturated carbocycles. The van der Waals surface area contributed by atoms with E-state index in [1.54, 1.807) is 6.92 Å². The highest BCUT2D eigenvalue weighted by Crippen LogP contribution is 2.21. The summed E-state index contributed by atoms with van der Waals surface area (Å²) in [6.07, 6.45) is 0.569. The molecule has 0 heterocycles. The molecule has 0 aromatic carbocycles. The Hall–Kier alpha value is -0.610. The number of carbonyl (C=O) groups excluding carboxylic acids is 1. The fourth-order valence-corrected chi connectivity index (χ4v) is 1.32. The molecule has 4 nitrogen and oxygen atoms in total. The zero-order valence-corrected chi connectivity index (χ0v) is 8.50. The smallest absolute Gasteiger partial charge is 0.217 e. The first-order valence-corrected chi connectivity index (χ1v) is 4.42. The van der Waals surface area contributed by atoms with Gasteiger partial charge in [-0.2, -0.15) is 0 Å². The number of rotatable bonds is 5. The molecule has 4 heteroatoms. The Morgan fingerprint density at radius 1 is 1.46 bits per heavy atom. The van der Waals surface area contributed by atoms with Crippen LogP contribution in [0, 0.1) is 5.41 Å². The largest absolute Gasteiger partial charge is 0.396 e. The van der Waals surface area contributed by atoms with Crippen LogP contribution in [0.25, 0.3) is 0 Å². The normalized spacial score (nSPS) is 13.9. The third-order valence-corrected chi connectivity index (χ3v) is 2.01. The van der Waals surface area contributed by atoms with Crippen molar-refractivity contribution in [2.24, 2.45) is 5.41 Å². The molecule has 3 N–H and O–H groups in total. The van der Waals surface area contributed by atoms with Crippen molar-refractivity contribution in [1.29, 1.82) is 0 Å². The molecule has 1 atom stereocenters. The van der Waals surface area contributed by atoms with Crippen LogP contribution in [-0.4, -0.2) is 35.4 Å². The molecule has 0 aliphatic heterocycles. The quantitative estimate of drug-likeness (QED) is 0.565. The lowest BCUT2D eigenvalue weighted by Gasteiger charge is -2.28. The predicted molar refractivity (Wildman–Crippen MR) is 50.2 cm³/mol. The minimum Gasteiger partial charge on any atom is -0.396 e. The van der Waals surface area contributed by atoms with Crippen LogP contribution in [0.5, 0.6) is 0 Å². The van der Waals surface area contributed by atoms with Gasteiger partial charge in [-0.05, 0) is 13.3 Å². The van der Waals surface area contributed by atoms with Crippen LogP contribution in [-0.2, 0) is 4.79 Å². The lowest BCUT2D eigenvalue weighted by atomic mass is 9.86. The second-order valence-electron chi connectivity index (χ2n) is 3.93. The van der Waals surface area contributed by atoms with E-state index in [1.807, 2.05) is 6.92 Å². The van der Waals surface area contributed by atoms with E-state index in [1.165, 1.54) is 6.92 Å². The first-order valence-electron chi connectivity index (χ1n) is 4.42. The molecule has 13 heavy (non-hydrogen) atoms. The lowest BCUT2D eigenvalue weighted by Crippen LogP contribution is -2.38. The van der Waals surface area contributed by atoms with Crippen LogP contribution in [0.15, 0.2) is 0 Å². The first-order chi connectivity index (χ1) is 5.93. The van der Waals surface area contributed by atoms with Crippen LogP contribution in [0.3, 0.4) is 0 Å². The topological polar surface area (TPSA) is 69.6 Å². The maximum Gasteiger partial charge on any atom is 0.217 e. The van der Waals surface area contributed by atoms with E-state index in [2.05, 4.69) is 5.32 Å². The maximum atomic E-state index is 10.7. The van der Waals surface area contributed by atoms with E-state index in [9.17, 15) is 4.79 Å². The van der Waals surface area contributed by atoms with Crippen molar-refractivity contribution in [3.8, 4) is 0 Å². The predicted octanol–water partition coefficient (Wildman–Crippen LogP) is -0.108. The summed E-state index contributed by atoms with van der Waals surface area (Å²) in [5, 5.41) is 20.7. The maximum absolute atomic E-state index is 10.7. The minimum absolute atomic E-state index is 0.0261. The van der Waals surface area contributed by atoms with Crippen molar-refractivity contribution < 1.29 is 15.0 Å². The summed E-state index contributed by atoms with van der Waals surface area (Å²) in [6, 6.07) is -0.0261. The van der Waals surface area contributed by atoms with Gasteiger partial charge in [0.1, 0.15) is 0 Å². The van der Waals surface area contributed by atoms with Crippen LogP contribution < -0.4 is 5.32 Å². The molecule has 0 spiro atoms. The Morgan fingerprint density at radius 3 is 2.23 bits per heavy atom. The van der Waals surface area contributed by atoms with Gasteiger partial charge < -0.3 is 15.5 Å². The van der Waals surface area contributed by atoms with Gasteiger partial charge in [0.2, 0.25) is 5.91 Å². The van der Waals surface area contributed by atoms with Crippen LogP contribution in [0.2, 0.25) is 0 Å². The van der Waals surface area contributed by atoms with Gasteiger partial charge in [-0.15, -0.1) is 0 Å². The Kier molecular flexibility index (Phi) is 4.95. The third kappa shape index (κ3) is 4.85. The summed E-state index contributed by atoms with van der Waals surface area (Å²) < 4.78 is 0. The monoisotopic (exact) mass is 189 g/mol. The summed E-state index contributed by atoms with van der Waals surface area (Å²) in [5.74, 6) is -0.0919. The highest BCUT2D eigenvalue weighted by atomic mass is 16.3. The average Bonchev–Trinajstić information content (AvgIpc) is 2.02. The van der Waals surface area contributed by atoms with Crippen molar-refractivity contribution in [2.75, 3.05) is 13.2 Å². The molecule has 78 valence electrons. The van der Waals surface area contributed by atoms with Gasteiger partial charge in [0.25, 0.3) is 0 Å². The highest BCUT2D eigenvalue weighted by molar-refractivity contribution is 5.73. The van der Waals surface area contributed by atoms with E-state index in [0.717, 1.165) is 0 Å². The zero-order valence-electron chi connectivity index (χ0n) is 8.50. The molecule has 0 aromatic rings. The molecule has 1 amide bonds. The first kappa shape index (κ1) is 12.4. The third-order valence-electron chi connectivity index (χ3n) is 2.01. The summed E-state index contributed by atoms with van der Waals surface area (Å²) >= 11 is 0. The van der Waals surface area contributed by atoms with Gasteiger partial charge >= 0.3 is 0 Å². The fourth-order valence-electron chi connectivity index (χ4n) is 1.32. The molecule has 0 bridgehead atoms. The minimum atomic E-state index is -0.512. The summed E-state index contributed by atoms with van der Waals surface area (Å²) in [4.78, 5) is 10.7. The number of aliphatic hydroxyl groups is 2.